The van der Waals surface area contributed by atoms with E-state index in [0.717, 1.165) is 11.2 Å². The minimum Gasteiger partial charge on any atom is -0.399 e. The van der Waals surface area contributed by atoms with Gasteiger partial charge in [0.25, 0.3) is 0 Å². The number of pyridine rings is 1. The number of hydrogen-bond donors (Lipinski definition) is 0. The fourth-order valence-electron chi connectivity index (χ4n) is 1.49. The van der Waals surface area contributed by atoms with Crippen LogP contribution in [-0.2, 0) is 4.84 Å². The predicted octanol–water partition coefficient (Wildman–Crippen LogP) is -0.699. The average Bonchev–Trinajstić information content (AvgIpc) is 2.12. The van der Waals surface area contributed by atoms with Crippen LogP contribution in [0.15, 0.2) is 17.4 Å². The van der Waals surface area contributed by atoms with E-state index in [1.807, 2.05) is 12.7 Å². The van der Waals surface area contributed by atoms with Gasteiger partial charge in [0, 0.05) is 6.20 Å². The van der Waals surface area contributed by atoms with Crippen LogP contribution in [0.1, 0.15) is 0 Å². The molecule has 1 aliphatic heterocycles. The third-order valence-electron chi connectivity index (χ3n) is 2.23. The van der Waals surface area contributed by atoms with E-state index in [0.29, 0.717) is 18.9 Å². The van der Waals surface area contributed by atoms with E-state index in [9.17, 15) is 4.39 Å². The molecule has 0 spiro atoms. The maximum absolute atomic E-state index is 13.5. The van der Waals surface area contributed by atoms with Crippen molar-refractivity contribution in [2.24, 2.45) is 5.16 Å². The number of rotatable bonds is 2. The Morgan fingerprint density at radius 3 is 2.93 bits per heavy atom. The van der Waals surface area contributed by atoms with Gasteiger partial charge in [-0.15, -0.1) is 0 Å². The summed E-state index contributed by atoms with van der Waals surface area (Å²) in [6.07, 6.45) is 1.66. The van der Waals surface area contributed by atoms with Gasteiger partial charge in [-0.05, 0) is 6.07 Å². The summed E-state index contributed by atoms with van der Waals surface area (Å²) < 4.78 is 13.5. The van der Waals surface area contributed by atoms with Crippen molar-refractivity contribution in [1.82, 2.24) is 4.98 Å². The highest BCUT2D eigenvalue weighted by Crippen LogP contribution is 2.19. The van der Waals surface area contributed by atoms with Crippen molar-refractivity contribution in [2.45, 2.75) is 0 Å². The molecule has 2 rings (SSSR count). The van der Waals surface area contributed by atoms with E-state index < -0.39 is 0 Å². The molecule has 0 N–H and O–H groups in total. The van der Waals surface area contributed by atoms with Crippen LogP contribution in [0.3, 0.4) is 0 Å². The van der Waals surface area contributed by atoms with Gasteiger partial charge >= 0.3 is 0 Å². The molecule has 0 unspecified atom stereocenters. The quantitative estimate of drug-likeness (QED) is 0.475. The van der Waals surface area contributed by atoms with Crippen molar-refractivity contribution >= 4 is 24.8 Å². The molecule has 0 aromatic carbocycles. The van der Waals surface area contributed by atoms with Gasteiger partial charge < -0.3 is 9.74 Å². The molecule has 6 heteroatoms. The Balaban J connectivity index is 2.10. The first kappa shape index (κ1) is 9.95. The van der Waals surface area contributed by atoms with E-state index in [-0.39, 0.29) is 5.82 Å². The van der Waals surface area contributed by atoms with Crippen molar-refractivity contribution in [3.63, 3.8) is 0 Å². The summed E-state index contributed by atoms with van der Waals surface area (Å²) in [6.45, 7) is 1.17. The van der Waals surface area contributed by atoms with Gasteiger partial charge in [0.15, 0.2) is 11.6 Å². The van der Waals surface area contributed by atoms with E-state index in [1.165, 1.54) is 13.2 Å². The maximum Gasteiger partial charge on any atom is 0.165 e. The summed E-state index contributed by atoms with van der Waals surface area (Å²) in [5.74, 6) is 0.0992. The Hall–Kier alpha value is -1.59. The molecular formula is C9H11BFN3O. The summed E-state index contributed by atoms with van der Waals surface area (Å²) in [7, 11) is 3.31. The molecule has 15 heavy (non-hydrogen) atoms. The van der Waals surface area contributed by atoms with Gasteiger partial charge in [0.2, 0.25) is 0 Å². The Labute approximate surface area is 88.1 Å². The Morgan fingerprint density at radius 2 is 2.33 bits per heavy atom. The zero-order valence-corrected chi connectivity index (χ0v) is 8.70. The number of anilines is 1. The molecule has 0 atom stereocenters. The fourth-order valence-corrected chi connectivity index (χ4v) is 1.49. The van der Waals surface area contributed by atoms with Crippen molar-refractivity contribution in [2.75, 3.05) is 25.1 Å². The molecule has 1 aromatic rings. The van der Waals surface area contributed by atoms with Crippen LogP contribution < -0.4 is 10.4 Å². The van der Waals surface area contributed by atoms with Gasteiger partial charge in [-0.3, -0.25) is 0 Å². The average molecular weight is 207 g/mol. The first-order valence-electron chi connectivity index (χ1n) is 4.66. The molecule has 1 saturated heterocycles. The van der Waals surface area contributed by atoms with Crippen molar-refractivity contribution in [3.05, 3.63) is 18.1 Å². The second-order valence-corrected chi connectivity index (χ2v) is 3.51. The molecule has 2 heterocycles. The first-order valence-corrected chi connectivity index (χ1v) is 4.66. The van der Waals surface area contributed by atoms with Gasteiger partial charge in [-0.1, -0.05) is 10.6 Å². The summed E-state index contributed by atoms with van der Waals surface area (Å²) >= 11 is 0. The van der Waals surface area contributed by atoms with E-state index in [4.69, 9.17) is 0 Å². The standard InChI is InChI=1S/C9H11BFN3O/c1-15-13-7-4-14(5-7)9-8(11)2-6(10)3-12-9/h2-3H,4-5,10H2,1H3. The minimum absolute atomic E-state index is 0.286. The molecule has 0 bridgehead atoms. The second-order valence-electron chi connectivity index (χ2n) is 3.51. The molecular weight excluding hydrogens is 196 g/mol. The lowest BCUT2D eigenvalue weighted by Gasteiger charge is -2.33. The van der Waals surface area contributed by atoms with Crippen molar-refractivity contribution < 1.29 is 9.23 Å². The van der Waals surface area contributed by atoms with Gasteiger partial charge in [-0.25, -0.2) is 9.37 Å². The topological polar surface area (TPSA) is 37.7 Å². The summed E-state index contributed by atoms with van der Waals surface area (Å²) in [5.41, 5.74) is 1.72. The fraction of sp³-hybridized carbons (Fsp3) is 0.333. The second kappa shape index (κ2) is 3.88. The summed E-state index contributed by atoms with van der Waals surface area (Å²) in [5, 5.41) is 3.78. The lowest BCUT2D eigenvalue weighted by Crippen LogP contribution is -2.48. The zero-order valence-electron chi connectivity index (χ0n) is 8.70. The highest BCUT2D eigenvalue weighted by Gasteiger charge is 2.26. The van der Waals surface area contributed by atoms with Crippen LogP contribution in [0.25, 0.3) is 0 Å². The van der Waals surface area contributed by atoms with Crippen LogP contribution in [0.2, 0.25) is 0 Å². The van der Waals surface area contributed by atoms with Crippen LogP contribution in [0.4, 0.5) is 10.2 Å². The molecule has 78 valence electrons. The summed E-state index contributed by atoms with van der Waals surface area (Å²) in [6, 6.07) is 1.48. The number of oxime groups is 1. The van der Waals surface area contributed by atoms with Gasteiger partial charge in [0.05, 0.1) is 18.8 Å². The van der Waals surface area contributed by atoms with E-state index in [2.05, 4.69) is 15.0 Å². The predicted molar refractivity (Wildman–Crippen MR) is 59.0 cm³/mol. The summed E-state index contributed by atoms with van der Waals surface area (Å²) in [4.78, 5) is 10.5. The van der Waals surface area contributed by atoms with Crippen LogP contribution in [-0.4, -0.2) is 38.7 Å². The zero-order chi connectivity index (χ0) is 10.8. The van der Waals surface area contributed by atoms with E-state index in [1.54, 1.807) is 6.20 Å². The Bertz CT molecular complexity index is 402. The minimum atomic E-state index is -0.286. The molecule has 0 radical (unpaired) electrons. The maximum atomic E-state index is 13.5. The Kier molecular flexibility index (Phi) is 2.57. The molecule has 4 nitrogen and oxygen atoms in total. The highest BCUT2D eigenvalue weighted by molar-refractivity contribution is 6.32. The number of hydrogen-bond acceptors (Lipinski definition) is 4. The SMILES string of the molecule is Bc1cnc(N2CC(=NOC)C2)c(F)c1. The molecule has 1 aliphatic rings. The highest BCUT2D eigenvalue weighted by atomic mass is 19.1. The van der Waals surface area contributed by atoms with Crippen LogP contribution in [0.5, 0.6) is 0 Å². The molecule has 1 aromatic heterocycles. The number of halogens is 1. The monoisotopic (exact) mass is 207 g/mol. The Morgan fingerprint density at radius 1 is 1.60 bits per heavy atom. The largest absolute Gasteiger partial charge is 0.399 e. The third-order valence-corrected chi connectivity index (χ3v) is 2.23. The molecule has 1 fully saturated rings. The van der Waals surface area contributed by atoms with Crippen LogP contribution >= 0.6 is 0 Å². The lowest BCUT2D eigenvalue weighted by molar-refractivity contribution is 0.211. The van der Waals surface area contributed by atoms with Gasteiger partial charge in [-0.2, -0.15) is 0 Å². The first-order chi connectivity index (χ1) is 7.20. The van der Waals surface area contributed by atoms with E-state index >= 15 is 0 Å². The normalized spacial score (nSPS) is 14.8. The van der Waals surface area contributed by atoms with Gasteiger partial charge in [0.1, 0.15) is 15.0 Å². The molecule has 0 amide bonds. The number of aromatic nitrogens is 1. The smallest absolute Gasteiger partial charge is 0.165 e. The van der Waals surface area contributed by atoms with Crippen LogP contribution in [0, 0.1) is 5.82 Å². The lowest BCUT2D eigenvalue weighted by atomic mass is 9.99. The molecule has 0 saturated carbocycles. The molecule has 0 aliphatic carbocycles. The third kappa shape index (κ3) is 1.93. The van der Waals surface area contributed by atoms with Crippen molar-refractivity contribution in [1.29, 1.82) is 0 Å². The van der Waals surface area contributed by atoms with Crippen molar-refractivity contribution in [3.8, 4) is 0 Å². The number of nitrogens with zero attached hydrogens (tertiary/aromatic N) is 3.